The molecule has 0 aromatic carbocycles. The largest absolute Gasteiger partial charge is 0.461 e. The van der Waals surface area contributed by atoms with Crippen molar-refractivity contribution in [2.75, 3.05) is 19.8 Å². The third kappa shape index (κ3) is 5.59. The summed E-state index contributed by atoms with van der Waals surface area (Å²) in [5.74, 6) is 0.606. The van der Waals surface area contributed by atoms with E-state index < -0.39 is 5.60 Å². The first kappa shape index (κ1) is 16.8. The minimum atomic E-state index is -0.702. The second-order valence-corrected chi connectivity index (χ2v) is 6.75. The van der Waals surface area contributed by atoms with E-state index in [1.165, 1.54) is 38.5 Å². The van der Waals surface area contributed by atoms with Crippen molar-refractivity contribution in [3.63, 3.8) is 0 Å². The molecule has 4 nitrogen and oxygen atoms in total. The quantitative estimate of drug-likeness (QED) is 0.298. The Balaban J connectivity index is 1.56. The van der Waals surface area contributed by atoms with E-state index in [0.29, 0.717) is 19.6 Å². The van der Waals surface area contributed by atoms with Crippen molar-refractivity contribution in [2.24, 2.45) is 5.92 Å². The van der Waals surface area contributed by atoms with E-state index in [-0.39, 0.29) is 12.1 Å². The van der Waals surface area contributed by atoms with Crippen molar-refractivity contribution >= 4 is 5.97 Å². The van der Waals surface area contributed by atoms with Crippen molar-refractivity contribution in [3.05, 3.63) is 0 Å². The van der Waals surface area contributed by atoms with E-state index in [2.05, 4.69) is 0 Å². The summed E-state index contributed by atoms with van der Waals surface area (Å²) in [6.45, 7) is 5.58. The number of epoxide rings is 1. The van der Waals surface area contributed by atoms with Gasteiger partial charge in [0, 0.05) is 19.6 Å². The molecule has 0 aromatic rings. The Morgan fingerprint density at radius 1 is 1.19 bits per heavy atom. The maximum Gasteiger partial charge on any atom is 0.341 e. The number of esters is 1. The van der Waals surface area contributed by atoms with E-state index in [1.54, 1.807) is 0 Å². The van der Waals surface area contributed by atoms with Gasteiger partial charge in [-0.05, 0) is 26.2 Å². The predicted octanol–water partition coefficient (Wildman–Crippen LogP) is 3.47. The molecule has 0 N–H and O–H groups in total. The molecule has 0 radical (unpaired) electrons. The topological polar surface area (TPSA) is 48.1 Å². The lowest BCUT2D eigenvalue weighted by Crippen LogP contribution is -2.30. The predicted molar refractivity (Wildman–Crippen MR) is 81.2 cm³/mol. The molecule has 1 atom stereocenters. The molecule has 0 amide bonds. The van der Waals surface area contributed by atoms with Gasteiger partial charge in [-0.3, -0.25) is 0 Å². The smallest absolute Gasteiger partial charge is 0.341 e. The zero-order valence-electron chi connectivity index (χ0n) is 13.6. The SMILES string of the molecule is CC(C)OC(=O)C1(CCOCCC2CCCCCC2)CO1. The highest BCUT2D eigenvalue weighted by Crippen LogP contribution is 2.33. The van der Waals surface area contributed by atoms with Crippen LogP contribution in [-0.2, 0) is 19.0 Å². The highest BCUT2D eigenvalue weighted by atomic mass is 16.6. The maximum absolute atomic E-state index is 11.9. The Bertz CT molecular complexity index is 315. The van der Waals surface area contributed by atoms with Crippen LogP contribution in [0.5, 0.6) is 0 Å². The molecule has 2 rings (SSSR count). The fraction of sp³-hybridized carbons (Fsp3) is 0.941. The second kappa shape index (κ2) is 8.14. The first-order valence-corrected chi connectivity index (χ1v) is 8.55. The second-order valence-electron chi connectivity index (χ2n) is 6.75. The van der Waals surface area contributed by atoms with Crippen LogP contribution in [0.25, 0.3) is 0 Å². The van der Waals surface area contributed by atoms with E-state index in [0.717, 1.165) is 18.9 Å². The summed E-state index contributed by atoms with van der Waals surface area (Å²) in [7, 11) is 0. The molecule has 1 aliphatic heterocycles. The molecule has 1 unspecified atom stereocenters. The first-order chi connectivity index (χ1) is 10.1. The number of ether oxygens (including phenoxy) is 3. The third-order valence-electron chi connectivity index (χ3n) is 4.50. The summed E-state index contributed by atoms with van der Waals surface area (Å²) >= 11 is 0. The molecule has 2 fully saturated rings. The molecular weight excluding hydrogens is 268 g/mol. The summed E-state index contributed by atoms with van der Waals surface area (Å²) in [5, 5.41) is 0. The lowest BCUT2D eigenvalue weighted by Gasteiger charge is -2.16. The first-order valence-electron chi connectivity index (χ1n) is 8.55. The molecule has 0 aromatic heterocycles. The molecule has 4 heteroatoms. The minimum absolute atomic E-state index is 0.0882. The van der Waals surface area contributed by atoms with Crippen LogP contribution in [0.1, 0.15) is 65.2 Å². The summed E-state index contributed by atoms with van der Waals surface area (Å²) in [4.78, 5) is 11.9. The van der Waals surface area contributed by atoms with Crippen molar-refractivity contribution in [2.45, 2.75) is 76.9 Å². The van der Waals surface area contributed by atoms with Crippen LogP contribution in [0, 0.1) is 5.92 Å². The van der Waals surface area contributed by atoms with E-state index in [4.69, 9.17) is 14.2 Å². The van der Waals surface area contributed by atoms with Crippen LogP contribution in [-0.4, -0.2) is 37.5 Å². The summed E-state index contributed by atoms with van der Waals surface area (Å²) in [6.07, 6.45) is 9.95. The number of hydrogen-bond acceptors (Lipinski definition) is 4. The third-order valence-corrected chi connectivity index (χ3v) is 4.50. The van der Waals surface area contributed by atoms with Gasteiger partial charge >= 0.3 is 5.97 Å². The monoisotopic (exact) mass is 298 g/mol. The number of rotatable bonds is 8. The average molecular weight is 298 g/mol. The van der Waals surface area contributed by atoms with Crippen molar-refractivity contribution < 1.29 is 19.0 Å². The summed E-state index contributed by atoms with van der Waals surface area (Å²) in [6, 6.07) is 0. The van der Waals surface area contributed by atoms with Crippen molar-refractivity contribution in [3.8, 4) is 0 Å². The zero-order valence-corrected chi connectivity index (χ0v) is 13.6. The van der Waals surface area contributed by atoms with E-state index in [9.17, 15) is 4.79 Å². The highest BCUT2D eigenvalue weighted by Gasteiger charge is 2.53. The molecule has 0 spiro atoms. The Kier molecular flexibility index (Phi) is 6.49. The Hall–Kier alpha value is -0.610. The molecule has 1 saturated carbocycles. The average Bonchev–Trinajstić information content (AvgIpc) is 3.22. The zero-order chi connectivity index (χ0) is 15.1. The van der Waals surface area contributed by atoms with Crippen LogP contribution in [0.4, 0.5) is 0 Å². The van der Waals surface area contributed by atoms with Crippen LogP contribution in [0.3, 0.4) is 0 Å². The van der Waals surface area contributed by atoms with Gasteiger partial charge in [0.2, 0.25) is 0 Å². The van der Waals surface area contributed by atoms with Crippen LogP contribution >= 0.6 is 0 Å². The fourth-order valence-electron chi connectivity index (χ4n) is 3.01. The molecule has 1 saturated heterocycles. The minimum Gasteiger partial charge on any atom is -0.461 e. The molecule has 2 aliphatic rings. The van der Waals surface area contributed by atoms with Gasteiger partial charge in [-0.15, -0.1) is 0 Å². The lowest BCUT2D eigenvalue weighted by atomic mass is 9.97. The van der Waals surface area contributed by atoms with Gasteiger partial charge in [-0.2, -0.15) is 0 Å². The van der Waals surface area contributed by atoms with Crippen LogP contribution in [0.15, 0.2) is 0 Å². The van der Waals surface area contributed by atoms with Crippen molar-refractivity contribution in [1.82, 2.24) is 0 Å². The fourth-order valence-corrected chi connectivity index (χ4v) is 3.01. The summed E-state index contributed by atoms with van der Waals surface area (Å²) < 4.78 is 16.3. The normalized spacial score (nSPS) is 26.6. The Labute approximate surface area is 128 Å². The Morgan fingerprint density at radius 2 is 1.86 bits per heavy atom. The van der Waals surface area contributed by atoms with Gasteiger partial charge in [0.25, 0.3) is 0 Å². The molecular formula is C17H30O4. The van der Waals surface area contributed by atoms with E-state index in [1.807, 2.05) is 13.8 Å². The molecule has 1 aliphatic carbocycles. The van der Waals surface area contributed by atoms with Crippen molar-refractivity contribution in [1.29, 1.82) is 0 Å². The number of carbonyl (C=O) groups is 1. The highest BCUT2D eigenvalue weighted by molar-refractivity contribution is 5.82. The maximum atomic E-state index is 11.9. The molecule has 1 heterocycles. The van der Waals surface area contributed by atoms with Gasteiger partial charge in [0.05, 0.1) is 12.7 Å². The van der Waals surface area contributed by atoms with Gasteiger partial charge < -0.3 is 14.2 Å². The number of hydrogen-bond donors (Lipinski definition) is 0. The lowest BCUT2D eigenvalue weighted by molar-refractivity contribution is -0.154. The van der Waals surface area contributed by atoms with Gasteiger partial charge in [0.15, 0.2) is 5.60 Å². The molecule has 0 bridgehead atoms. The Morgan fingerprint density at radius 3 is 2.43 bits per heavy atom. The van der Waals surface area contributed by atoms with Crippen LogP contribution < -0.4 is 0 Å². The molecule has 21 heavy (non-hydrogen) atoms. The summed E-state index contributed by atoms with van der Waals surface area (Å²) in [5.41, 5.74) is -0.702. The van der Waals surface area contributed by atoms with Gasteiger partial charge in [0.1, 0.15) is 0 Å². The number of carbonyl (C=O) groups excluding carboxylic acids is 1. The van der Waals surface area contributed by atoms with Crippen LogP contribution in [0.2, 0.25) is 0 Å². The molecule has 122 valence electrons. The van der Waals surface area contributed by atoms with E-state index >= 15 is 0 Å². The standard InChI is InChI=1S/C17H30O4/c1-14(2)21-16(18)17(13-20-17)10-12-19-11-9-15-7-5-3-4-6-8-15/h14-15H,3-13H2,1-2H3. The van der Waals surface area contributed by atoms with Gasteiger partial charge in [-0.25, -0.2) is 4.79 Å². The van der Waals surface area contributed by atoms with Gasteiger partial charge in [-0.1, -0.05) is 38.5 Å².